The number of aliphatic hydroxyl groups excluding tert-OH is 4. The number of benzene rings is 4. The number of esters is 1. The van der Waals surface area contributed by atoms with Gasteiger partial charge in [-0.05, 0) is 266 Å². The molecule has 0 radical (unpaired) electrons. The molecule has 28 atom stereocenters. The Labute approximate surface area is 819 Å². The summed E-state index contributed by atoms with van der Waals surface area (Å²) in [5.41, 5.74) is -1.30. The zero-order valence-corrected chi connectivity index (χ0v) is 81.7. The number of hydrogen-bond donors (Lipinski definition) is 9. The number of fused-ring (bicyclic) bond motifs is 23. The number of aromatic amines is 1. The van der Waals surface area contributed by atoms with Crippen LogP contribution in [0.3, 0.4) is 0 Å². The highest BCUT2D eigenvalue weighted by Crippen LogP contribution is 2.73. The van der Waals surface area contributed by atoms with Crippen LogP contribution >= 0.6 is 0 Å². The Morgan fingerprint density at radius 2 is 0.752 bits per heavy atom. The molecule has 3 aromatic heterocycles. The number of rotatable bonds is 17. The fourth-order valence-corrected chi connectivity index (χ4v) is 32.1. The summed E-state index contributed by atoms with van der Waals surface area (Å²) in [6, 6.07) is 32.2. The van der Waals surface area contributed by atoms with Crippen molar-refractivity contribution in [1.29, 1.82) is 0 Å². The van der Waals surface area contributed by atoms with Crippen molar-refractivity contribution in [2.45, 2.75) is 237 Å². The molecule has 0 aliphatic heterocycles. The molecule has 0 amide bonds. The van der Waals surface area contributed by atoms with Crippen LogP contribution in [0, 0.1) is 114 Å². The molecular weight excluding hydrogens is 1790 g/mol. The van der Waals surface area contributed by atoms with Crippen molar-refractivity contribution in [2.24, 2.45) is 121 Å². The largest absolute Gasteiger partial charge is 0.457 e. The molecule has 16 aliphatic carbocycles. The Bertz CT molecular complexity index is 6270. The van der Waals surface area contributed by atoms with Crippen molar-refractivity contribution < 1.29 is 107 Å². The van der Waals surface area contributed by atoms with E-state index in [2.05, 4.69) is 47.6 Å². The van der Waals surface area contributed by atoms with Gasteiger partial charge in [0, 0.05) is 74.0 Å². The van der Waals surface area contributed by atoms with Crippen LogP contribution in [0.25, 0.3) is 33.2 Å². The van der Waals surface area contributed by atoms with Gasteiger partial charge in [0.2, 0.25) is 23.1 Å². The van der Waals surface area contributed by atoms with Gasteiger partial charge in [-0.25, -0.2) is 0 Å². The number of ketones is 8. The molecule has 12 fully saturated rings. The van der Waals surface area contributed by atoms with Crippen LogP contribution < -0.4 is 14.2 Å². The van der Waals surface area contributed by atoms with Gasteiger partial charge in [0.1, 0.15) is 27.9 Å². The van der Waals surface area contributed by atoms with Crippen LogP contribution in [-0.4, -0.2) is 191 Å². The summed E-state index contributed by atoms with van der Waals surface area (Å²) in [6.07, 6.45) is 30.6. The Morgan fingerprint density at radius 3 is 1.14 bits per heavy atom. The molecule has 12 saturated carbocycles. The van der Waals surface area contributed by atoms with Crippen molar-refractivity contribution >= 4 is 85.4 Å². The number of Topliss-reactive ketones (excluding diaryl/α,β-unsaturated/α-hetero) is 4. The predicted octanol–water partition coefficient (Wildman–Crippen LogP) is 14.2. The van der Waals surface area contributed by atoms with Gasteiger partial charge in [0.05, 0.1) is 52.9 Å². The minimum absolute atomic E-state index is 0.00440. The summed E-state index contributed by atoms with van der Waals surface area (Å²) < 4.78 is 29.8. The van der Waals surface area contributed by atoms with Crippen LogP contribution in [0.5, 0.6) is 18.1 Å². The van der Waals surface area contributed by atoms with Crippen molar-refractivity contribution in [3.8, 4) is 18.1 Å². The molecule has 20 unspecified atom stereocenters. The molecule has 27 heteroatoms. The number of para-hydroxylation sites is 6. The Hall–Kier alpha value is -10.9. The summed E-state index contributed by atoms with van der Waals surface area (Å²) in [4.78, 5) is 130. The zero-order chi connectivity index (χ0) is 99.6. The van der Waals surface area contributed by atoms with E-state index in [-0.39, 0.29) is 160 Å². The van der Waals surface area contributed by atoms with Gasteiger partial charge in [-0.1, -0.05) is 169 Å². The third-order valence-corrected chi connectivity index (χ3v) is 39.4. The molecule has 0 bridgehead atoms. The van der Waals surface area contributed by atoms with Crippen LogP contribution in [0.4, 0.5) is 0 Å². The van der Waals surface area contributed by atoms with E-state index in [0.29, 0.717) is 81.3 Å². The average molecular weight is 1920 g/mol. The number of aryl methyl sites for hydroxylation is 1. The number of aliphatic hydroxyl groups is 8. The number of ether oxygens (including phenoxy) is 4. The fraction of sp³-hybridized carbons (Fsp3) is 0.544. The molecular formula is C114H131N5O22. The van der Waals surface area contributed by atoms with Crippen LogP contribution in [0.15, 0.2) is 203 Å². The van der Waals surface area contributed by atoms with Gasteiger partial charge in [-0.2, -0.15) is 15.0 Å². The van der Waals surface area contributed by atoms with E-state index in [4.69, 9.17) is 23.4 Å². The van der Waals surface area contributed by atoms with Crippen LogP contribution in [0.1, 0.15) is 189 Å². The summed E-state index contributed by atoms with van der Waals surface area (Å²) >= 11 is 0. The number of allylic oxidation sites excluding steroid dienone is 16. The van der Waals surface area contributed by atoms with Gasteiger partial charge in [0.25, 0.3) is 12.0 Å². The van der Waals surface area contributed by atoms with Gasteiger partial charge in [-0.3, -0.25) is 47.7 Å². The molecule has 0 spiro atoms. The van der Waals surface area contributed by atoms with Crippen LogP contribution in [0.2, 0.25) is 0 Å². The smallest absolute Gasteiger partial charge is 0.395 e. The van der Waals surface area contributed by atoms with Gasteiger partial charge < -0.3 is 69.2 Å². The highest BCUT2D eigenvalue weighted by atomic mass is 16.6. The van der Waals surface area contributed by atoms with Crippen molar-refractivity contribution in [1.82, 2.24) is 24.5 Å². The van der Waals surface area contributed by atoms with E-state index >= 15 is 0 Å². The minimum atomic E-state index is -1.65. The number of H-pyrrole nitrogens is 1. The molecule has 141 heavy (non-hydrogen) atoms. The first kappa shape index (κ1) is 97.6. The van der Waals surface area contributed by atoms with Gasteiger partial charge in [0.15, 0.2) is 55.1 Å². The van der Waals surface area contributed by atoms with E-state index in [1.165, 1.54) is 0 Å². The second kappa shape index (κ2) is 35.6. The number of aromatic nitrogens is 5. The van der Waals surface area contributed by atoms with Crippen LogP contribution in [-0.2, 0) is 61.4 Å². The standard InChI is InChI=1S/C29H34N2O5.C29H34O6.C28H32N2O5.C28H31NO6/c1-27-12-10-18(32)14-17(27)8-9-19-20-11-13-29(35,28(20,2)15-23(33)25(19)27)24(34)16-36-26-30-21-6-4-5-7-22(21)31(26)3;1-27-12-10-20(30)15-19(27)8-9-21-22-11-13-29(34,28(22,2)16-23(31)26(21)27)24(32)17-35-25(33)14-18-6-4-3-5-7-18;1-26-11-9-17(31)13-16(26)7-8-18-19-10-12-28(34,27(19,2)14-22(32)24(18)26)23(33)15-35-25-29-20-5-3-4-6-21(20)30-25;1-26-11-9-17(30)13-16(26)7-8-18-19-10-12-28(33,27(19,2)14-21(31)24(18)26)23(32)15-34-25-29-20-5-3-4-6-22(20)35-25/h4-7,10,12,14,19-20,23,25,33,35H,8-9,11,13,15-16H2,1-3H3;3-7,10,12,15,21-23,26,31,34H,8-9,11,13-14,16-17H2,1-2H3;3-6,9,11,13,18-19,22,24,32,34H,7-8,10,12,14-15H2,1-2H3,(H,29,30);3-6,9,11,13,18-19,21,24,31,33H,7-8,10,12,14-15H2,1-2H3/t19?,20?,23-,25?,27?,28?,29-;21?,22?,23-,26?,27?,28?,29-;18?,19?,22-,24?,26?,27?,28-;18?,19?,21-,24?,26?,27?,28-/m0000/s1. The molecule has 27 nitrogen and oxygen atoms in total. The van der Waals surface area contributed by atoms with Gasteiger partial charge in [-0.15, -0.1) is 0 Å². The first-order valence-corrected chi connectivity index (χ1v) is 50.8. The normalized spacial score (nSPS) is 39.8. The molecule has 3 heterocycles. The zero-order valence-electron chi connectivity index (χ0n) is 81.7. The van der Waals surface area contributed by atoms with E-state index in [0.717, 1.165) is 114 Å². The maximum atomic E-state index is 13.6. The quantitative estimate of drug-likeness (QED) is 0.0382. The third kappa shape index (κ3) is 15.6. The fourth-order valence-electron chi connectivity index (χ4n) is 32.1. The molecule has 23 rings (SSSR count). The molecule has 744 valence electrons. The van der Waals surface area contributed by atoms with E-state index < -0.39 is 98.0 Å². The topological polar surface area (TPSA) is 425 Å². The van der Waals surface area contributed by atoms with Crippen molar-refractivity contribution in [2.75, 3.05) is 26.4 Å². The Balaban J connectivity index is 0.000000115. The second-order valence-electron chi connectivity index (χ2n) is 45.8. The molecule has 4 aromatic carbocycles. The maximum Gasteiger partial charge on any atom is 0.395 e. The lowest BCUT2D eigenvalue weighted by Gasteiger charge is -2.59. The summed E-state index contributed by atoms with van der Waals surface area (Å²) in [7, 11) is 1.84. The number of imidazole rings is 2. The highest BCUT2D eigenvalue weighted by Gasteiger charge is 2.74. The molecule has 7 aromatic rings. The number of nitrogens with one attached hydrogen (secondary N) is 1. The third-order valence-electron chi connectivity index (χ3n) is 39.4. The summed E-state index contributed by atoms with van der Waals surface area (Å²) in [6.45, 7) is 14.9. The Kier molecular flexibility index (Phi) is 24.6. The SMILES string of the molecule is CC12C=CC(=O)C=C1CCC1C2[C@@H](O)CC2(C)C1CC[C@]2(O)C(=O)COC(=O)Cc1ccccc1.CC12C=CC(=O)C=C1CCC1C2[C@@H](O)CC2(C)C1CC[C@]2(O)C(=O)COc1nc2ccccc2[nH]1.CC12C=CC(=O)C=C1CCC1C2[C@@H](O)CC2(C)C1CC[C@]2(O)C(=O)COc1nc2ccccc2o1.Cn1c(OCC(=O)[C@@]2(O)CCC3C4CCC5=CC(=O)C=CC5(C)C4[C@@H](O)CC32C)nc2ccccc21. The van der Waals surface area contributed by atoms with Gasteiger partial charge >= 0.3 is 12.0 Å². The molecule has 0 saturated heterocycles. The lowest BCUT2D eigenvalue weighted by Crippen LogP contribution is -2.61. The number of carbonyl (C=O) groups excluding carboxylic acids is 9. The van der Waals surface area contributed by atoms with E-state index in [1.54, 1.807) is 65.3 Å². The number of hydrogen-bond acceptors (Lipinski definition) is 25. The molecule has 16 aliphatic rings. The van der Waals surface area contributed by atoms with Crippen molar-refractivity contribution in [3.05, 3.63) is 204 Å². The molecule has 9 N–H and O–H groups in total. The predicted molar refractivity (Wildman–Crippen MR) is 520 cm³/mol. The first-order valence-electron chi connectivity index (χ1n) is 50.8. The second-order valence-corrected chi connectivity index (χ2v) is 45.8. The minimum Gasteiger partial charge on any atom is -0.457 e. The number of oxazole rings is 1. The first-order chi connectivity index (χ1) is 67.0. The summed E-state index contributed by atoms with van der Waals surface area (Å²) in [5.74, 6) is -1.25. The Morgan fingerprint density at radius 1 is 0.404 bits per heavy atom. The lowest BCUT2D eigenvalue weighted by atomic mass is 9.46. The highest BCUT2D eigenvalue weighted by molar-refractivity contribution is 6.03. The van der Waals surface area contributed by atoms with Crippen molar-refractivity contribution in [3.63, 3.8) is 0 Å². The monoisotopic (exact) mass is 1920 g/mol. The van der Waals surface area contributed by atoms with E-state index in [9.17, 15) is 84.0 Å². The lowest BCUT2D eigenvalue weighted by molar-refractivity contribution is -0.181. The van der Waals surface area contributed by atoms with E-state index in [1.807, 2.05) is 150 Å². The summed E-state index contributed by atoms with van der Waals surface area (Å²) in [5, 5.41) is 93.2. The number of carbonyl (C=O) groups is 9. The number of nitrogens with zero attached hydrogens (tertiary/aromatic N) is 4. The maximum absolute atomic E-state index is 13.6. The average Bonchev–Trinajstić information content (AvgIpc) is 1.55.